The highest BCUT2D eigenvalue weighted by molar-refractivity contribution is 5.89. The lowest BCUT2D eigenvalue weighted by Crippen LogP contribution is -2.37. The van der Waals surface area contributed by atoms with E-state index in [1.165, 1.54) is 20.0 Å². The predicted octanol–water partition coefficient (Wildman–Crippen LogP) is 0.858. The zero-order chi connectivity index (χ0) is 9.26. The van der Waals surface area contributed by atoms with Gasteiger partial charge in [-0.2, -0.15) is 0 Å². The van der Waals surface area contributed by atoms with Crippen molar-refractivity contribution in [2.75, 3.05) is 13.7 Å². The lowest BCUT2D eigenvalue weighted by Gasteiger charge is -2.22. The fourth-order valence-electron chi connectivity index (χ4n) is 1.81. The molecule has 1 N–H and O–H groups in total. The van der Waals surface area contributed by atoms with Crippen LogP contribution < -0.4 is 5.32 Å². The molecule has 0 aromatic rings. The number of methoxy groups -OCH3 is 1. The average Bonchev–Trinajstić information content (AvgIpc) is 3.00. The first kappa shape index (κ1) is 8.75. The Bertz CT molecular complexity index is 243. The number of carbonyl (C=O) groups excluding carboxylic acids is 1. The van der Waals surface area contributed by atoms with Gasteiger partial charge in [0.25, 0.3) is 0 Å². The summed E-state index contributed by atoms with van der Waals surface area (Å²) in [4.78, 5) is 11.1. The molecule has 2 aliphatic rings. The van der Waals surface area contributed by atoms with E-state index in [1.807, 2.05) is 6.08 Å². The second-order valence-corrected chi connectivity index (χ2v) is 3.78. The maximum atomic E-state index is 11.1. The highest BCUT2D eigenvalue weighted by Crippen LogP contribution is 2.35. The van der Waals surface area contributed by atoms with Crippen molar-refractivity contribution in [3.63, 3.8) is 0 Å². The van der Waals surface area contributed by atoms with Gasteiger partial charge in [-0.3, -0.25) is 0 Å². The maximum absolute atomic E-state index is 11.1. The van der Waals surface area contributed by atoms with Crippen LogP contribution in [0, 0.1) is 5.92 Å². The van der Waals surface area contributed by atoms with E-state index in [4.69, 9.17) is 0 Å². The molecule has 0 saturated heterocycles. The van der Waals surface area contributed by atoms with Crippen LogP contribution in [0.1, 0.15) is 19.3 Å². The van der Waals surface area contributed by atoms with E-state index in [0.29, 0.717) is 12.6 Å². The summed E-state index contributed by atoms with van der Waals surface area (Å²) in [5.74, 6) is 0.664. The van der Waals surface area contributed by atoms with Crippen molar-refractivity contribution in [3.05, 3.63) is 11.6 Å². The predicted molar refractivity (Wildman–Crippen MR) is 49.2 cm³/mol. The molecular formula is C10H15NO2. The van der Waals surface area contributed by atoms with Crippen LogP contribution in [0.25, 0.3) is 0 Å². The second-order valence-electron chi connectivity index (χ2n) is 3.78. The summed E-state index contributed by atoms with van der Waals surface area (Å²) in [6.45, 7) is 0.674. The Kier molecular flexibility index (Phi) is 2.36. The average molecular weight is 181 g/mol. The van der Waals surface area contributed by atoms with E-state index in [-0.39, 0.29) is 5.97 Å². The number of hydrogen-bond donors (Lipinski definition) is 1. The minimum Gasteiger partial charge on any atom is -0.466 e. The van der Waals surface area contributed by atoms with Crippen molar-refractivity contribution in [2.24, 2.45) is 5.92 Å². The molecule has 0 bridgehead atoms. The fourth-order valence-corrected chi connectivity index (χ4v) is 1.81. The summed E-state index contributed by atoms with van der Waals surface area (Å²) in [6, 6.07) is 0.605. The molecule has 3 heteroatoms. The molecular weight excluding hydrogens is 166 g/mol. The third kappa shape index (κ3) is 1.91. The van der Waals surface area contributed by atoms with E-state index in [9.17, 15) is 4.79 Å². The summed E-state index contributed by atoms with van der Waals surface area (Å²) < 4.78 is 4.65. The maximum Gasteiger partial charge on any atom is 0.334 e. The van der Waals surface area contributed by atoms with Crippen molar-refractivity contribution in [2.45, 2.75) is 25.3 Å². The molecule has 3 nitrogen and oxygen atoms in total. The number of ether oxygens (including phenoxy) is 1. The van der Waals surface area contributed by atoms with E-state index in [0.717, 1.165) is 17.9 Å². The molecule has 1 unspecified atom stereocenters. The van der Waals surface area contributed by atoms with Crippen LogP contribution in [-0.4, -0.2) is 25.7 Å². The Morgan fingerprint density at radius 2 is 2.38 bits per heavy atom. The van der Waals surface area contributed by atoms with Crippen LogP contribution in [0.2, 0.25) is 0 Å². The number of rotatable bonds is 2. The van der Waals surface area contributed by atoms with Crippen molar-refractivity contribution < 1.29 is 9.53 Å². The largest absolute Gasteiger partial charge is 0.466 e. The Labute approximate surface area is 78.1 Å². The van der Waals surface area contributed by atoms with Gasteiger partial charge in [-0.05, 0) is 25.2 Å². The summed E-state index contributed by atoms with van der Waals surface area (Å²) >= 11 is 0. The first-order valence-electron chi connectivity index (χ1n) is 4.82. The fraction of sp³-hybridized carbons (Fsp3) is 0.700. The molecule has 0 aromatic heterocycles. The van der Waals surface area contributed by atoms with Crippen LogP contribution in [0.15, 0.2) is 11.6 Å². The normalized spacial score (nSPS) is 28.1. The zero-order valence-electron chi connectivity index (χ0n) is 7.88. The molecule has 1 saturated carbocycles. The van der Waals surface area contributed by atoms with Crippen molar-refractivity contribution in [3.8, 4) is 0 Å². The monoisotopic (exact) mass is 181 g/mol. The smallest absolute Gasteiger partial charge is 0.334 e. The van der Waals surface area contributed by atoms with Crippen LogP contribution >= 0.6 is 0 Å². The highest BCUT2D eigenvalue weighted by atomic mass is 16.5. The first-order valence-corrected chi connectivity index (χ1v) is 4.82. The van der Waals surface area contributed by atoms with Crippen LogP contribution in [0.4, 0.5) is 0 Å². The van der Waals surface area contributed by atoms with Gasteiger partial charge in [0.1, 0.15) is 0 Å². The molecule has 1 aliphatic heterocycles. The van der Waals surface area contributed by atoms with Gasteiger partial charge in [-0.1, -0.05) is 6.08 Å². The van der Waals surface area contributed by atoms with Crippen molar-refractivity contribution >= 4 is 5.97 Å². The molecule has 0 spiro atoms. The van der Waals surface area contributed by atoms with Gasteiger partial charge in [0.2, 0.25) is 0 Å². The van der Waals surface area contributed by atoms with Crippen molar-refractivity contribution in [1.29, 1.82) is 0 Å². The van der Waals surface area contributed by atoms with E-state index in [2.05, 4.69) is 10.1 Å². The van der Waals surface area contributed by atoms with Crippen LogP contribution in [0.3, 0.4) is 0 Å². The number of nitrogens with one attached hydrogen (secondary N) is 1. The molecule has 1 fully saturated rings. The Balaban J connectivity index is 1.91. The lowest BCUT2D eigenvalue weighted by atomic mass is 10.0. The minimum atomic E-state index is -0.193. The number of carbonyl (C=O) groups is 1. The lowest BCUT2D eigenvalue weighted by molar-refractivity contribution is -0.136. The van der Waals surface area contributed by atoms with Crippen LogP contribution in [0.5, 0.6) is 0 Å². The Morgan fingerprint density at radius 1 is 1.62 bits per heavy atom. The van der Waals surface area contributed by atoms with Gasteiger partial charge < -0.3 is 10.1 Å². The van der Waals surface area contributed by atoms with Gasteiger partial charge in [-0.15, -0.1) is 0 Å². The number of hydrogen-bond acceptors (Lipinski definition) is 3. The third-order valence-corrected chi connectivity index (χ3v) is 2.81. The minimum absolute atomic E-state index is 0.193. The standard InChI is InChI=1S/C10H15NO2/c1-13-10(12)8-4-5-9(11-6-8)7-2-3-7/h4,7,9,11H,2-3,5-6H2,1H3. The van der Waals surface area contributed by atoms with E-state index >= 15 is 0 Å². The quantitative estimate of drug-likeness (QED) is 0.642. The summed E-state index contributed by atoms with van der Waals surface area (Å²) in [7, 11) is 1.43. The first-order chi connectivity index (χ1) is 6.31. The third-order valence-electron chi connectivity index (χ3n) is 2.81. The molecule has 1 atom stereocenters. The van der Waals surface area contributed by atoms with Crippen molar-refractivity contribution in [1.82, 2.24) is 5.32 Å². The molecule has 1 aliphatic carbocycles. The zero-order valence-corrected chi connectivity index (χ0v) is 7.88. The van der Waals surface area contributed by atoms with Gasteiger partial charge in [-0.25, -0.2) is 4.79 Å². The van der Waals surface area contributed by atoms with E-state index < -0.39 is 0 Å². The van der Waals surface area contributed by atoms with Gasteiger partial charge >= 0.3 is 5.97 Å². The van der Waals surface area contributed by atoms with Gasteiger partial charge in [0.05, 0.1) is 7.11 Å². The summed E-state index contributed by atoms with van der Waals surface area (Å²) in [5.41, 5.74) is 0.777. The molecule has 0 aromatic carbocycles. The Morgan fingerprint density at radius 3 is 2.85 bits per heavy atom. The van der Waals surface area contributed by atoms with Gasteiger partial charge in [0, 0.05) is 18.2 Å². The Hall–Kier alpha value is -0.830. The molecule has 72 valence electrons. The molecule has 13 heavy (non-hydrogen) atoms. The summed E-state index contributed by atoms with van der Waals surface area (Å²) in [5, 5.41) is 3.38. The molecule has 0 amide bonds. The highest BCUT2D eigenvalue weighted by Gasteiger charge is 2.32. The topological polar surface area (TPSA) is 38.3 Å². The second kappa shape index (κ2) is 3.50. The molecule has 1 heterocycles. The summed E-state index contributed by atoms with van der Waals surface area (Å²) in [6.07, 6.45) is 5.69. The van der Waals surface area contributed by atoms with Gasteiger partial charge in [0.15, 0.2) is 0 Å². The van der Waals surface area contributed by atoms with E-state index in [1.54, 1.807) is 0 Å². The SMILES string of the molecule is COC(=O)C1=CCC(C2CC2)NC1. The number of esters is 1. The van der Waals surface area contributed by atoms with Crippen LogP contribution in [-0.2, 0) is 9.53 Å². The molecule has 2 rings (SSSR count). The molecule has 0 radical (unpaired) electrons.